The molecule has 0 heterocycles. The lowest BCUT2D eigenvalue weighted by Gasteiger charge is -2.18. The Balaban J connectivity index is 1.96. The fourth-order valence-corrected chi connectivity index (χ4v) is 3.07. The zero-order chi connectivity index (χ0) is 22.3. The number of rotatable bonds is 9. The summed E-state index contributed by atoms with van der Waals surface area (Å²) in [5, 5.41) is 6.23. The molecule has 2 aromatic rings. The Morgan fingerprint density at radius 3 is 1.90 bits per heavy atom. The van der Waals surface area contributed by atoms with Gasteiger partial charge in [0.2, 0.25) is 11.8 Å². The van der Waals surface area contributed by atoms with Gasteiger partial charge in [0.15, 0.2) is 0 Å². The van der Waals surface area contributed by atoms with E-state index in [0.717, 1.165) is 0 Å². The second kappa shape index (κ2) is 10.9. The van der Waals surface area contributed by atoms with Gasteiger partial charge >= 0.3 is 0 Å². The van der Waals surface area contributed by atoms with Crippen LogP contribution in [0.1, 0.15) is 0 Å². The highest BCUT2D eigenvalue weighted by Gasteiger charge is 2.16. The molecule has 162 valence electrons. The maximum atomic E-state index is 12.4. The number of amides is 2. The molecule has 0 saturated heterocycles. The molecule has 0 spiro atoms. The third kappa shape index (κ3) is 6.41. The second-order valence-electron chi connectivity index (χ2n) is 6.30. The topological polar surface area (TPSA) is 89.1 Å². The van der Waals surface area contributed by atoms with E-state index in [-0.39, 0.29) is 24.9 Å². The van der Waals surface area contributed by atoms with Gasteiger partial charge in [0.1, 0.15) is 17.2 Å². The van der Waals surface area contributed by atoms with Crippen molar-refractivity contribution in [3.63, 3.8) is 0 Å². The van der Waals surface area contributed by atoms with Crippen LogP contribution < -0.4 is 24.8 Å². The summed E-state index contributed by atoms with van der Waals surface area (Å²) in [4.78, 5) is 26.3. The number of hydrogen-bond acceptors (Lipinski definition) is 6. The van der Waals surface area contributed by atoms with Gasteiger partial charge in [-0.1, -0.05) is 23.2 Å². The van der Waals surface area contributed by atoms with E-state index in [1.807, 2.05) is 0 Å². The number of carbonyl (C=O) groups excluding carboxylic acids is 2. The summed E-state index contributed by atoms with van der Waals surface area (Å²) in [5.41, 5.74) is 0.847. The lowest BCUT2D eigenvalue weighted by molar-refractivity contribution is -0.119. The van der Waals surface area contributed by atoms with Crippen molar-refractivity contribution >= 4 is 46.4 Å². The molecule has 30 heavy (non-hydrogen) atoms. The molecule has 8 nitrogen and oxygen atoms in total. The van der Waals surface area contributed by atoms with E-state index in [2.05, 4.69) is 10.6 Å². The Labute approximate surface area is 185 Å². The molecule has 0 saturated carbocycles. The van der Waals surface area contributed by atoms with Crippen LogP contribution in [0.3, 0.4) is 0 Å². The zero-order valence-electron chi connectivity index (χ0n) is 17.0. The van der Waals surface area contributed by atoms with Gasteiger partial charge in [-0.15, -0.1) is 0 Å². The smallest absolute Gasteiger partial charge is 0.238 e. The average Bonchev–Trinajstić information content (AvgIpc) is 2.68. The molecular weight excluding hydrogens is 433 g/mol. The van der Waals surface area contributed by atoms with Crippen molar-refractivity contribution in [3.8, 4) is 17.2 Å². The minimum absolute atomic E-state index is 0.0242. The fourth-order valence-electron chi connectivity index (χ4n) is 2.66. The molecule has 2 N–H and O–H groups in total. The lowest BCUT2D eigenvalue weighted by Crippen LogP contribution is -2.36. The molecule has 0 bridgehead atoms. The molecule has 0 atom stereocenters. The van der Waals surface area contributed by atoms with Crippen LogP contribution in [0.4, 0.5) is 11.4 Å². The number of nitrogens with zero attached hydrogens (tertiary/aromatic N) is 1. The highest BCUT2D eigenvalue weighted by atomic mass is 35.5. The minimum atomic E-state index is -0.342. The summed E-state index contributed by atoms with van der Waals surface area (Å²) in [6, 6.07) is 8.02. The maximum Gasteiger partial charge on any atom is 0.238 e. The number of hydrogen-bond donors (Lipinski definition) is 2. The number of carbonyl (C=O) groups is 2. The van der Waals surface area contributed by atoms with Crippen molar-refractivity contribution in [2.75, 3.05) is 52.1 Å². The van der Waals surface area contributed by atoms with E-state index in [9.17, 15) is 9.59 Å². The Morgan fingerprint density at radius 2 is 1.37 bits per heavy atom. The summed E-state index contributed by atoms with van der Waals surface area (Å²) in [7, 11) is 6.10. The summed E-state index contributed by atoms with van der Waals surface area (Å²) in [6.07, 6.45) is 0. The Morgan fingerprint density at radius 1 is 0.833 bits per heavy atom. The highest BCUT2D eigenvalue weighted by Crippen LogP contribution is 2.35. The molecular formula is C20H23Cl2N3O5. The number of methoxy groups -OCH3 is 3. The Hall–Kier alpha value is -2.68. The van der Waals surface area contributed by atoms with Gasteiger partial charge in [-0.05, 0) is 31.3 Å². The summed E-state index contributed by atoms with van der Waals surface area (Å²) < 4.78 is 15.6. The Kier molecular flexibility index (Phi) is 8.58. The number of ether oxygens (including phenoxy) is 3. The van der Waals surface area contributed by atoms with Crippen LogP contribution in [0.25, 0.3) is 0 Å². The van der Waals surface area contributed by atoms with E-state index in [1.165, 1.54) is 27.4 Å². The predicted octanol–water partition coefficient (Wildman–Crippen LogP) is 3.53. The number of likely N-dealkylation sites (N-methyl/N-ethyl adjacent to an activating group) is 1. The molecule has 10 heteroatoms. The first-order valence-electron chi connectivity index (χ1n) is 8.80. The zero-order valence-corrected chi connectivity index (χ0v) is 18.6. The largest absolute Gasteiger partial charge is 0.495 e. The fraction of sp³-hybridized carbons (Fsp3) is 0.300. The van der Waals surface area contributed by atoms with Crippen LogP contribution in [0, 0.1) is 0 Å². The highest BCUT2D eigenvalue weighted by molar-refractivity contribution is 6.32. The van der Waals surface area contributed by atoms with Crippen molar-refractivity contribution in [1.29, 1.82) is 0 Å². The molecule has 0 aliphatic heterocycles. The van der Waals surface area contributed by atoms with Gasteiger partial charge in [0.05, 0.1) is 50.8 Å². The first kappa shape index (κ1) is 23.6. The van der Waals surface area contributed by atoms with Crippen molar-refractivity contribution < 1.29 is 23.8 Å². The Bertz CT molecular complexity index is 924. The van der Waals surface area contributed by atoms with Crippen LogP contribution in [-0.2, 0) is 9.59 Å². The normalized spacial score (nSPS) is 10.5. The van der Waals surface area contributed by atoms with Crippen molar-refractivity contribution in [1.82, 2.24) is 4.90 Å². The van der Waals surface area contributed by atoms with Crippen LogP contribution in [-0.4, -0.2) is 58.2 Å². The van der Waals surface area contributed by atoms with Crippen LogP contribution in [0.5, 0.6) is 17.2 Å². The second-order valence-corrected chi connectivity index (χ2v) is 7.14. The van der Waals surface area contributed by atoms with E-state index < -0.39 is 0 Å². The molecule has 2 aromatic carbocycles. The van der Waals surface area contributed by atoms with E-state index >= 15 is 0 Å². The molecule has 0 unspecified atom stereocenters. The van der Waals surface area contributed by atoms with Crippen molar-refractivity contribution in [3.05, 3.63) is 40.4 Å². The van der Waals surface area contributed by atoms with Gasteiger partial charge in [-0.25, -0.2) is 0 Å². The van der Waals surface area contributed by atoms with Gasteiger partial charge in [-0.2, -0.15) is 0 Å². The number of halogens is 2. The third-order valence-corrected chi connectivity index (χ3v) is 4.54. The van der Waals surface area contributed by atoms with Crippen LogP contribution in [0.2, 0.25) is 10.0 Å². The van der Waals surface area contributed by atoms with Gasteiger partial charge in [-0.3, -0.25) is 14.5 Å². The van der Waals surface area contributed by atoms with Gasteiger partial charge < -0.3 is 24.8 Å². The first-order chi connectivity index (χ1) is 14.3. The number of anilines is 2. The summed E-state index contributed by atoms with van der Waals surface area (Å²) in [5.74, 6) is 0.646. The number of nitrogens with one attached hydrogen (secondary N) is 2. The van der Waals surface area contributed by atoms with Crippen LogP contribution >= 0.6 is 23.2 Å². The van der Waals surface area contributed by atoms with Crippen LogP contribution in [0.15, 0.2) is 30.3 Å². The lowest BCUT2D eigenvalue weighted by atomic mass is 10.2. The monoisotopic (exact) mass is 455 g/mol. The van der Waals surface area contributed by atoms with Crippen molar-refractivity contribution in [2.24, 2.45) is 0 Å². The van der Waals surface area contributed by atoms with E-state index in [1.54, 1.807) is 36.2 Å². The quantitative estimate of drug-likeness (QED) is 0.600. The van der Waals surface area contributed by atoms with E-state index in [4.69, 9.17) is 37.4 Å². The van der Waals surface area contributed by atoms with E-state index in [0.29, 0.717) is 38.7 Å². The third-order valence-electron chi connectivity index (χ3n) is 4.01. The SMILES string of the molecule is COc1cc(OC)c(NC(=O)CN(C)CC(=O)Nc2cc(Cl)ccc2OC)cc1Cl. The standard InChI is InChI=1S/C20H23Cl2N3O5/c1-25(10-19(26)23-14-7-12(21)5-6-16(14)28-2)11-20(27)24-15-8-13(22)17(29-3)9-18(15)30-4/h5-9H,10-11H2,1-4H3,(H,23,26)(H,24,27). The summed E-state index contributed by atoms with van der Waals surface area (Å²) in [6.45, 7) is -0.0590. The molecule has 2 amide bonds. The van der Waals surface area contributed by atoms with Gasteiger partial charge in [0.25, 0.3) is 0 Å². The predicted molar refractivity (Wildman–Crippen MR) is 117 cm³/mol. The molecule has 0 fully saturated rings. The molecule has 0 radical (unpaired) electrons. The maximum absolute atomic E-state index is 12.4. The minimum Gasteiger partial charge on any atom is -0.495 e. The molecule has 0 aromatic heterocycles. The first-order valence-corrected chi connectivity index (χ1v) is 9.56. The van der Waals surface area contributed by atoms with Crippen molar-refractivity contribution in [2.45, 2.75) is 0 Å². The number of benzene rings is 2. The summed E-state index contributed by atoms with van der Waals surface area (Å²) >= 11 is 12.1. The molecule has 0 aliphatic carbocycles. The molecule has 0 aliphatic rings. The molecule has 2 rings (SSSR count). The average molecular weight is 456 g/mol. The van der Waals surface area contributed by atoms with Gasteiger partial charge in [0, 0.05) is 11.1 Å².